The number of hydrogen-bond donors (Lipinski definition) is 3. The Balaban J connectivity index is 2.95. The summed E-state index contributed by atoms with van der Waals surface area (Å²) in [5.74, 6) is 0. The summed E-state index contributed by atoms with van der Waals surface area (Å²) in [6, 6.07) is 0. The first-order valence-corrected chi connectivity index (χ1v) is 3.42. The molecule has 0 aromatic carbocycles. The molecule has 0 radical (unpaired) electrons. The Kier molecular flexibility index (Phi) is 5.93. The van der Waals surface area contributed by atoms with E-state index < -0.39 is 0 Å². The van der Waals surface area contributed by atoms with Crippen LogP contribution in [0.3, 0.4) is 0 Å². The minimum atomic E-state index is -0.362. The van der Waals surface area contributed by atoms with Gasteiger partial charge in [0, 0.05) is 13.1 Å². The molecule has 0 aliphatic rings. The molecular formula is C6H16N2O. The lowest BCUT2D eigenvalue weighted by Crippen LogP contribution is -2.32. The van der Waals surface area contributed by atoms with Crippen molar-refractivity contribution in [2.24, 2.45) is 5.73 Å². The Morgan fingerprint density at radius 3 is 2.78 bits per heavy atom. The number of nitrogens with two attached hydrogens (primary N) is 1. The van der Waals surface area contributed by atoms with Gasteiger partial charge >= 0.3 is 0 Å². The Labute approximate surface area is 56.2 Å². The Hall–Kier alpha value is -0.120. The predicted octanol–water partition coefficient (Wildman–Crippen LogP) is -0.347. The molecule has 0 fully saturated rings. The summed E-state index contributed by atoms with van der Waals surface area (Å²) >= 11 is 0. The van der Waals surface area contributed by atoms with Crippen LogP contribution in [0.15, 0.2) is 0 Å². The van der Waals surface area contributed by atoms with Gasteiger partial charge in [0.2, 0.25) is 0 Å². The lowest BCUT2D eigenvalue weighted by molar-refractivity contribution is 0.128. The van der Waals surface area contributed by atoms with Crippen LogP contribution >= 0.6 is 0 Å². The minimum absolute atomic E-state index is 0.362. The molecule has 0 amide bonds. The topological polar surface area (TPSA) is 58.3 Å². The van der Waals surface area contributed by atoms with E-state index >= 15 is 0 Å². The van der Waals surface area contributed by atoms with Crippen LogP contribution in [-0.2, 0) is 0 Å². The van der Waals surface area contributed by atoms with Gasteiger partial charge in [-0.3, -0.25) is 5.32 Å². The van der Waals surface area contributed by atoms with Crippen LogP contribution in [0, 0.1) is 0 Å². The maximum Gasteiger partial charge on any atom is 0.104 e. The fourth-order valence-electron chi connectivity index (χ4n) is 0.625. The molecule has 4 N–H and O–H groups in total. The fourth-order valence-corrected chi connectivity index (χ4v) is 0.625. The summed E-state index contributed by atoms with van der Waals surface area (Å²) in [5.41, 5.74) is 5.20. The summed E-state index contributed by atoms with van der Waals surface area (Å²) in [6.07, 6.45) is 1.44. The van der Waals surface area contributed by atoms with Crippen LogP contribution in [-0.4, -0.2) is 24.4 Å². The molecule has 1 atom stereocenters. The average molecular weight is 132 g/mol. The van der Waals surface area contributed by atoms with Crippen molar-refractivity contribution in [1.29, 1.82) is 0 Å². The van der Waals surface area contributed by atoms with Gasteiger partial charge in [-0.2, -0.15) is 0 Å². The van der Waals surface area contributed by atoms with Gasteiger partial charge in [0.1, 0.15) is 6.23 Å². The lowest BCUT2D eigenvalue weighted by Gasteiger charge is -2.09. The summed E-state index contributed by atoms with van der Waals surface area (Å²) in [6.45, 7) is 3.31. The number of hydrogen-bond acceptors (Lipinski definition) is 3. The largest absolute Gasteiger partial charge is 0.379 e. The molecule has 0 aromatic heterocycles. The van der Waals surface area contributed by atoms with E-state index in [2.05, 4.69) is 5.32 Å². The van der Waals surface area contributed by atoms with E-state index in [1.807, 2.05) is 6.92 Å². The van der Waals surface area contributed by atoms with E-state index in [4.69, 9.17) is 10.8 Å². The van der Waals surface area contributed by atoms with Crippen molar-refractivity contribution in [2.45, 2.75) is 26.0 Å². The minimum Gasteiger partial charge on any atom is -0.379 e. The van der Waals surface area contributed by atoms with Crippen LogP contribution in [0.4, 0.5) is 0 Å². The van der Waals surface area contributed by atoms with Gasteiger partial charge in [-0.05, 0) is 6.42 Å². The second-order valence-electron chi connectivity index (χ2n) is 2.05. The predicted molar refractivity (Wildman–Crippen MR) is 38.0 cm³/mol. The van der Waals surface area contributed by atoms with E-state index in [9.17, 15) is 0 Å². The quantitative estimate of drug-likeness (QED) is 0.448. The maximum atomic E-state index is 9.01. The van der Waals surface area contributed by atoms with Gasteiger partial charge < -0.3 is 10.8 Å². The number of nitrogens with one attached hydrogen (secondary N) is 1. The second kappa shape index (κ2) is 6.01. The van der Waals surface area contributed by atoms with E-state index in [1.54, 1.807) is 0 Å². The molecule has 3 heteroatoms. The highest BCUT2D eigenvalue weighted by Gasteiger charge is 1.97. The molecule has 0 bridgehead atoms. The highest BCUT2D eigenvalue weighted by atomic mass is 16.3. The third-order valence-electron chi connectivity index (χ3n) is 1.09. The second-order valence-corrected chi connectivity index (χ2v) is 2.05. The zero-order valence-corrected chi connectivity index (χ0v) is 5.93. The Morgan fingerprint density at radius 2 is 2.33 bits per heavy atom. The molecule has 0 aliphatic heterocycles. The van der Waals surface area contributed by atoms with Gasteiger partial charge in [-0.25, -0.2) is 0 Å². The van der Waals surface area contributed by atoms with E-state index in [0.29, 0.717) is 13.1 Å². The van der Waals surface area contributed by atoms with Crippen molar-refractivity contribution >= 4 is 0 Å². The number of rotatable bonds is 5. The smallest absolute Gasteiger partial charge is 0.104 e. The zero-order valence-electron chi connectivity index (χ0n) is 5.93. The fraction of sp³-hybridized carbons (Fsp3) is 1.00. The maximum absolute atomic E-state index is 9.01. The van der Waals surface area contributed by atoms with E-state index in [1.165, 1.54) is 0 Å². The number of aliphatic hydroxyl groups excluding tert-OH is 1. The Bertz CT molecular complexity index is 59.0. The van der Waals surface area contributed by atoms with Gasteiger partial charge in [0.25, 0.3) is 0 Å². The van der Waals surface area contributed by atoms with Gasteiger partial charge in [0.05, 0.1) is 0 Å². The molecule has 9 heavy (non-hydrogen) atoms. The molecule has 56 valence electrons. The third kappa shape index (κ3) is 5.76. The molecule has 0 heterocycles. The van der Waals surface area contributed by atoms with Crippen molar-refractivity contribution in [3.05, 3.63) is 0 Å². The van der Waals surface area contributed by atoms with E-state index in [-0.39, 0.29) is 6.23 Å². The summed E-state index contributed by atoms with van der Waals surface area (Å²) < 4.78 is 0. The van der Waals surface area contributed by atoms with Crippen LogP contribution < -0.4 is 11.1 Å². The first-order valence-electron chi connectivity index (χ1n) is 3.42. The summed E-state index contributed by atoms with van der Waals surface area (Å²) in [7, 11) is 0. The van der Waals surface area contributed by atoms with Crippen molar-refractivity contribution in [1.82, 2.24) is 5.32 Å². The molecular weight excluding hydrogens is 116 g/mol. The van der Waals surface area contributed by atoms with Crippen molar-refractivity contribution in [3.8, 4) is 0 Å². The molecule has 0 spiro atoms. The van der Waals surface area contributed by atoms with E-state index in [0.717, 1.165) is 12.8 Å². The monoisotopic (exact) mass is 132 g/mol. The van der Waals surface area contributed by atoms with Crippen LogP contribution in [0.2, 0.25) is 0 Å². The highest BCUT2D eigenvalue weighted by Crippen LogP contribution is 1.89. The normalized spacial score (nSPS) is 13.7. The van der Waals surface area contributed by atoms with Gasteiger partial charge in [-0.15, -0.1) is 0 Å². The molecule has 0 saturated heterocycles. The van der Waals surface area contributed by atoms with Crippen LogP contribution in [0.5, 0.6) is 0 Å². The molecule has 0 saturated carbocycles. The van der Waals surface area contributed by atoms with Crippen molar-refractivity contribution < 1.29 is 5.11 Å². The van der Waals surface area contributed by atoms with Crippen LogP contribution in [0.1, 0.15) is 19.8 Å². The molecule has 3 nitrogen and oxygen atoms in total. The summed E-state index contributed by atoms with van der Waals surface area (Å²) in [4.78, 5) is 0. The standard InChI is InChI=1S/C6H16N2O/c1-2-3-6(9)8-5-4-7/h6,8-9H,2-5,7H2,1H3/t6-/m0/s1. The number of aliphatic hydroxyl groups is 1. The lowest BCUT2D eigenvalue weighted by atomic mass is 10.3. The van der Waals surface area contributed by atoms with Crippen LogP contribution in [0.25, 0.3) is 0 Å². The van der Waals surface area contributed by atoms with Gasteiger partial charge in [0.15, 0.2) is 0 Å². The van der Waals surface area contributed by atoms with Gasteiger partial charge in [-0.1, -0.05) is 13.3 Å². The average Bonchev–Trinajstić information content (AvgIpc) is 1.85. The molecule has 0 rings (SSSR count). The molecule has 0 unspecified atom stereocenters. The highest BCUT2D eigenvalue weighted by molar-refractivity contribution is 4.51. The van der Waals surface area contributed by atoms with Crippen molar-refractivity contribution in [2.75, 3.05) is 13.1 Å². The molecule has 0 aliphatic carbocycles. The molecule has 0 aromatic rings. The van der Waals surface area contributed by atoms with Crippen molar-refractivity contribution in [3.63, 3.8) is 0 Å². The first kappa shape index (κ1) is 8.88. The first-order chi connectivity index (χ1) is 4.31. The summed E-state index contributed by atoms with van der Waals surface area (Å²) in [5, 5.41) is 11.9. The zero-order chi connectivity index (χ0) is 7.11. The third-order valence-corrected chi connectivity index (χ3v) is 1.09. The SMILES string of the molecule is CCC[C@H](O)NCCN. The Morgan fingerprint density at radius 1 is 1.67 bits per heavy atom.